The molecule has 3 nitrogen and oxygen atoms in total. The summed E-state index contributed by atoms with van der Waals surface area (Å²) in [7, 11) is 0. The topological polar surface area (TPSA) is 40.5 Å². The number of hydrogen-bond acceptors (Lipinski definition) is 2. The molecule has 1 aromatic carbocycles. The van der Waals surface area contributed by atoms with Gasteiger partial charge in [0, 0.05) is 0 Å². The van der Waals surface area contributed by atoms with Gasteiger partial charge in [0.05, 0.1) is 5.56 Å². The summed E-state index contributed by atoms with van der Waals surface area (Å²) in [6.07, 6.45) is 7.64. The van der Waals surface area contributed by atoms with Gasteiger partial charge in [-0.05, 0) is 63.0 Å². The third-order valence-corrected chi connectivity index (χ3v) is 3.84. The number of nitrogens with zero attached hydrogens (tertiary/aromatic N) is 1. The summed E-state index contributed by atoms with van der Waals surface area (Å²) in [5, 5.41) is 8.84. The molecule has 1 aliphatic heterocycles. The van der Waals surface area contributed by atoms with Crippen LogP contribution in [0, 0.1) is 0 Å². The molecule has 0 saturated carbocycles. The first-order chi connectivity index (χ1) is 9.25. The molecular formula is C16H24ClNO2. The van der Waals surface area contributed by atoms with Gasteiger partial charge >= 0.3 is 5.97 Å². The maximum atomic E-state index is 10.8. The largest absolute Gasteiger partial charge is 0.478 e. The number of aryl methyl sites for hydroxylation is 1. The van der Waals surface area contributed by atoms with E-state index >= 15 is 0 Å². The van der Waals surface area contributed by atoms with Gasteiger partial charge in [-0.3, -0.25) is 0 Å². The second-order valence-corrected chi connectivity index (χ2v) is 5.36. The first-order valence-electron chi connectivity index (χ1n) is 7.30. The van der Waals surface area contributed by atoms with Crippen LogP contribution in [0.1, 0.15) is 48.0 Å². The second kappa shape index (κ2) is 8.98. The van der Waals surface area contributed by atoms with Crippen molar-refractivity contribution in [3.05, 3.63) is 35.4 Å². The Labute approximate surface area is 127 Å². The molecule has 0 aliphatic carbocycles. The zero-order chi connectivity index (χ0) is 13.5. The Kier molecular flexibility index (Phi) is 7.63. The molecule has 0 aromatic heterocycles. The molecule has 20 heavy (non-hydrogen) atoms. The van der Waals surface area contributed by atoms with Crippen LogP contribution in [-0.4, -0.2) is 35.6 Å². The minimum atomic E-state index is -0.851. The smallest absolute Gasteiger partial charge is 0.335 e. The summed E-state index contributed by atoms with van der Waals surface area (Å²) >= 11 is 0. The van der Waals surface area contributed by atoms with E-state index < -0.39 is 5.97 Å². The van der Waals surface area contributed by atoms with E-state index in [1.165, 1.54) is 50.9 Å². The highest BCUT2D eigenvalue weighted by molar-refractivity contribution is 5.87. The summed E-state index contributed by atoms with van der Waals surface area (Å²) in [4.78, 5) is 13.3. The molecule has 1 fully saturated rings. The molecular weight excluding hydrogens is 274 g/mol. The number of aromatic carboxylic acids is 1. The maximum Gasteiger partial charge on any atom is 0.335 e. The molecule has 0 unspecified atom stereocenters. The van der Waals surface area contributed by atoms with Gasteiger partial charge < -0.3 is 10.0 Å². The summed E-state index contributed by atoms with van der Waals surface area (Å²) in [5.41, 5.74) is 1.61. The van der Waals surface area contributed by atoms with Crippen molar-refractivity contribution in [2.24, 2.45) is 0 Å². The predicted octanol–water partition coefficient (Wildman–Crippen LogP) is 3.62. The van der Waals surface area contributed by atoms with E-state index in [9.17, 15) is 4.79 Å². The van der Waals surface area contributed by atoms with Crippen molar-refractivity contribution in [1.82, 2.24) is 4.90 Å². The number of rotatable bonds is 5. The first-order valence-corrected chi connectivity index (χ1v) is 7.30. The number of halogens is 1. The zero-order valence-electron chi connectivity index (χ0n) is 11.9. The third-order valence-electron chi connectivity index (χ3n) is 3.84. The van der Waals surface area contributed by atoms with Gasteiger partial charge in [0.1, 0.15) is 0 Å². The number of likely N-dealkylation sites (tertiary alicyclic amines) is 1. The number of carboxylic acids is 1. The van der Waals surface area contributed by atoms with E-state index in [4.69, 9.17) is 5.11 Å². The monoisotopic (exact) mass is 297 g/mol. The lowest BCUT2D eigenvalue weighted by atomic mass is 10.1. The zero-order valence-corrected chi connectivity index (χ0v) is 12.7. The quantitative estimate of drug-likeness (QED) is 0.902. The second-order valence-electron chi connectivity index (χ2n) is 5.36. The molecule has 1 heterocycles. The highest BCUT2D eigenvalue weighted by atomic mass is 35.5. The van der Waals surface area contributed by atoms with Crippen molar-refractivity contribution < 1.29 is 9.90 Å². The average Bonchev–Trinajstić information content (AvgIpc) is 2.68. The van der Waals surface area contributed by atoms with Gasteiger partial charge in [-0.2, -0.15) is 0 Å². The fourth-order valence-corrected chi connectivity index (χ4v) is 2.68. The predicted molar refractivity (Wildman–Crippen MR) is 83.9 cm³/mol. The molecule has 0 radical (unpaired) electrons. The van der Waals surface area contributed by atoms with Crippen molar-refractivity contribution in [3.8, 4) is 0 Å². The Morgan fingerprint density at radius 1 is 1.05 bits per heavy atom. The number of carboxylic acid groups (broad SMARTS) is 1. The van der Waals surface area contributed by atoms with Crippen LogP contribution in [-0.2, 0) is 6.42 Å². The molecule has 2 rings (SSSR count). The maximum absolute atomic E-state index is 10.8. The van der Waals surface area contributed by atoms with E-state index in [2.05, 4.69) is 4.90 Å². The van der Waals surface area contributed by atoms with E-state index in [1.54, 1.807) is 12.1 Å². The normalized spacial score (nSPS) is 16.2. The number of benzene rings is 1. The van der Waals surface area contributed by atoms with Gasteiger partial charge in [0.15, 0.2) is 0 Å². The average molecular weight is 298 g/mol. The van der Waals surface area contributed by atoms with Crippen LogP contribution in [0.25, 0.3) is 0 Å². The minimum absolute atomic E-state index is 0. The summed E-state index contributed by atoms with van der Waals surface area (Å²) in [6.45, 7) is 3.66. The fourth-order valence-electron chi connectivity index (χ4n) is 2.68. The lowest BCUT2D eigenvalue weighted by molar-refractivity contribution is 0.0697. The lowest BCUT2D eigenvalue weighted by Gasteiger charge is -2.19. The van der Waals surface area contributed by atoms with Gasteiger partial charge in [0.25, 0.3) is 0 Å². The van der Waals surface area contributed by atoms with Crippen LogP contribution >= 0.6 is 12.4 Å². The minimum Gasteiger partial charge on any atom is -0.478 e. The van der Waals surface area contributed by atoms with Gasteiger partial charge in [0.2, 0.25) is 0 Å². The third kappa shape index (κ3) is 5.51. The van der Waals surface area contributed by atoms with Crippen LogP contribution in [0.5, 0.6) is 0 Å². The SMILES string of the molecule is Cl.O=C(O)c1ccc(CCCN2CCCCCC2)cc1. The highest BCUT2D eigenvalue weighted by Crippen LogP contribution is 2.11. The summed E-state index contributed by atoms with van der Waals surface area (Å²) < 4.78 is 0. The molecule has 0 atom stereocenters. The van der Waals surface area contributed by atoms with Crippen LogP contribution < -0.4 is 0 Å². The molecule has 112 valence electrons. The van der Waals surface area contributed by atoms with E-state index in [0.29, 0.717) is 5.56 Å². The Hall–Kier alpha value is -1.06. The van der Waals surface area contributed by atoms with E-state index in [-0.39, 0.29) is 12.4 Å². The Bertz CT molecular complexity index is 397. The van der Waals surface area contributed by atoms with Gasteiger partial charge in [-0.15, -0.1) is 12.4 Å². The van der Waals surface area contributed by atoms with Crippen molar-refractivity contribution in [2.75, 3.05) is 19.6 Å². The van der Waals surface area contributed by atoms with Crippen molar-refractivity contribution in [1.29, 1.82) is 0 Å². The van der Waals surface area contributed by atoms with E-state index in [0.717, 1.165) is 12.8 Å². The Morgan fingerprint density at radius 2 is 1.65 bits per heavy atom. The van der Waals surface area contributed by atoms with Crippen LogP contribution in [0.15, 0.2) is 24.3 Å². The highest BCUT2D eigenvalue weighted by Gasteiger charge is 2.08. The molecule has 0 bridgehead atoms. The molecule has 0 spiro atoms. The molecule has 4 heteroatoms. The van der Waals surface area contributed by atoms with Crippen LogP contribution in [0.2, 0.25) is 0 Å². The summed E-state index contributed by atoms with van der Waals surface area (Å²) in [6, 6.07) is 7.27. The molecule has 1 saturated heterocycles. The summed E-state index contributed by atoms with van der Waals surface area (Å²) in [5.74, 6) is -0.851. The molecule has 1 N–H and O–H groups in total. The Balaban J connectivity index is 0.00000200. The van der Waals surface area contributed by atoms with Gasteiger partial charge in [-0.25, -0.2) is 4.79 Å². The first kappa shape index (κ1) is 17.0. The van der Waals surface area contributed by atoms with E-state index in [1.807, 2.05) is 12.1 Å². The standard InChI is InChI=1S/C16H23NO2.ClH/c18-16(19)15-9-7-14(8-10-15)6-5-13-17-11-3-1-2-4-12-17;/h7-10H,1-6,11-13H2,(H,18,19);1H. The number of carbonyl (C=O) groups is 1. The van der Waals surface area contributed by atoms with Crippen molar-refractivity contribution in [3.63, 3.8) is 0 Å². The molecule has 0 amide bonds. The van der Waals surface area contributed by atoms with Crippen molar-refractivity contribution in [2.45, 2.75) is 38.5 Å². The lowest BCUT2D eigenvalue weighted by Crippen LogP contribution is -2.26. The molecule has 1 aliphatic rings. The Morgan fingerprint density at radius 3 is 2.20 bits per heavy atom. The molecule has 1 aromatic rings. The fraction of sp³-hybridized carbons (Fsp3) is 0.562. The number of hydrogen-bond donors (Lipinski definition) is 1. The van der Waals surface area contributed by atoms with Crippen molar-refractivity contribution >= 4 is 18.4 Å². The van der Waals surface area contributed by atoms with Gasteiger partial charge in [-0.1, -0.05) is 25.0 Å². The van der Waals surface area contributed by atoms with Crippen LogP contribution in [0.4, 0.5) is 0 Å². The van der Waals surface area contributed by atoms with Crippen LogP contribution in [0.3, 0.4) is 0 Å².